The Morgan fingerprint density at radius 1 is 1.63 bits per heavy atom. The first-order chi connectivity index (χ1) is 8.94. The normalized spacial score (nSPS) is 19.5. The summed E-state index contributed by atoms with van der Waals surface area (Å²) in [6.07, 6.45) is 2.59. The fourth-order valence-corrected chi connectivity index (χ4v) is 2.57. The van der Waals surface area contributed by atoms with Gasteiger partial charge in [-0.3, -0.25) is 0 Å². The Labute approximate surface area is 118 Å². The number of hydrogen-bond donors (Lipinski definition) is 1. The van der Waals surface area contributed by atoms with Gasteiger partial charge in [0.15, 0.2) is 5.13 Å². The Hall–Kier alpha value is -1.30. The van der Waals surface area contributed by atoms with Crippen LogP contribution in [0.5, 0.6) is 0 Å². The molecule has 1 aromatic rings. The number of amides is 1. The Morgan fingerprint density at radius 3 is 3.05 bits per heavy atom. The van der Waals surface area contributed by atoms with Gasteiger partial charge < -0.3 is 15.0 Å². The van der Waals surface area contributed by atoms with Crippen LogP contribution in [-0.4, -0.2) is 41.2 Å². The second-order valence-electron chi connectivity index (χ2n) is 5.80. The molecule has 1 aliphatic heterocycles. The number of likely N-dealkylation sites (tertiary alicyclic amines) is 1. The Bertz CT molecular complexity index is 414. The largest absolute Gasteiger partial charge is 0.444 e. The van der Waals surface area contributed by atoms with Crippen molar-refractivity contribution in [3.05, 3.63) is 11.6 Å². The fraction of sp³-hybridized carbons (Fsp3) is 0.692. The molecule has 0 spiro atoms. The van der Waals surface area contributed by atoms with Crippen LogP contribution in [0, 0.1) is 5.92 Å². The van der Waals surface area contributed by atoms with Gasteiger partial charge in [-0.25, -0.2) is 9.78 Å². The molecule has 1 unspecified atom stereocenters. The Balaban J connectivity index is 1.75. The van der Waals surface area contributed by atoms with Gasteiger partial charge in [0, 0.05) is 31.2 Å². The molecular formula is C13H21N3O2S. The van der Waals surface area contributed by atoms with Gasteiger partial charge in [0.1, 0.15) is 5.60 Å². The quantitative estimate of drug-likeness (QED) is 0.926. The molecule has 0 bridgehead atoms. The van der Waals surface area contributed by atoms with Crippen molar-refractivity contribution in [2.75, 3.05) is 25.0 Å². The minimum absolute atomic E-state index is 0.204. The molecule has 5 nitrogen and oxygen atoms in total. The van der Waals surface area contributed by atoms with E-state index in [1.165, 1.54) is 0 Å². The second kappa shape index (κ2) is 5.77. The van der Waals surface area contributed by atoms with Gasteiger partial charge >= 0.3 is 6.09 Å². The summed E-state index contributed by atoms with van der Waals surface area (Å²) in [5.74, 6) is 0.469. The Morgan fingerprint density at radius 2 is 2.42 bits per heavy atom. The van der Waals surface area contributed by atoms with Crippen molar-refractivity contribution in [1.82, 2.24) is 9.88 Å². The number of nitrogens with one attached hydrogen (secondary N) is 1. The van der Waals surface area contributed by atoms with Crippen molar-refractivity contribution in [3.8, 4) is 0 Å². The summed E-state index contributed by atoms with van der Waals surface area (Å²) in [6.45, 7) is 8.06. The third kappa shape index (κ3) is 4.38. The molecule has 1 amide bonds. The SMILES string of the molecule is CC(C)(C)OC(=O)N1CCC(CNc2nccs2)C1. The summed E-state index contributed by atoms with van der Waals surface area (Å²) in [6, 6.07) is 0. The van der Waals surface area contributed by atoms with E-state index in [0.717, 1.165) is 31.2 Å². The van der Waals surface area contributed by atoms with Crippen LogP contribution in [-0.2, 0) is 4.74 Å². The van der Waals surface area contributed by atoms with Crippen molar-refractivity contribution in [2.24, 2.45) is 5.92 Å². The van der Waals surface area contributed by atoms with Crippen molar-refractivity contribution in [2.45, 2.75) is 32.8 Å². The molecule has 2 heterocycles. The van der Waals surface area contributed by atoms with Crippen LogP contribution >= 0.6 is 11.3 Å². The van der Waals surface area contributed by atoms with E-state index in [9.17, 15) is 4.79 Å². The molecule has 1 atom stereocenters. The predicted octanol–water partition coefficient (Wildman–Crippen LogP) is 2.81. The first-order valence-corrected chi connectivity index (χ1v) is 7.43. The Kier molecular flexibility index (Phi) is 4.29. The minimum atomic E-state index is -0.422. The first-order valence-electron chi connectivity index (χ1n) is 6.55. The monoisotopic (exact) mass is 283 g/mol. The molecule has 0 radical (unpaired) electrons. The highest BCUT2D eigenvalue weighted by Gasteiger charge is 2.29. The summed E-state index contributed by atoms with van der Waals surface area (Å²) >= 11 is 1.59. The van der Waals surface area contributed by atoms with Crippen LogP contribution in [0.1, 0.15) is 27.2 Å². The van der Waals surface area contributed by atoms with Crippen molar-refractivity contribution < 1.29 is 9.53 Å². The van der Waals surface area contributed by atoms with Gasteiger partial charge in [-0.1, -0.05) is 0 Å². The third-order valence-corrected chi connectivity index (χ3v) is 3.64. The number of hydrogen-bond acceptors (Lipinski definition) is 5. The average molecular weight is 283 g/mol. The molecule has 19 heavy (non-hydrogen) atoms. The molecule has 1 saturated heterocycles. The molecule has 1 aromatic heterocycles. The van der Waals surface area contributed by atoms with E-state index < -0.39 is 5.60 Å². The number of anilines is 1. The van der Waals surface area contributed by atoms with Crippen LogP contribution in [0.15, 0.2) is 11.6 Å². The van der Waals surface area contributed by atoms with E-state index in [1.807, 2.05) is 26.2 Å². The van der Waals surface area contributed by atoms with E-state index in [0.29, 0.717) is 5.92 Å². The van der Waals surface area contributed by atoms with Gasteiger partial charge in [0.2, 0.25) is 0 Å². The lowest BCUT2D eigenvalue weighted by atomic mass is 10.1. The van der Waals surface area contributed by atoms with Crippen LogP contribution < -0.4 is 5.32 Å². The number of carbonyl (C=O) groups is 1. The second-order valence-corrected chi connectivity index (χ2v) is 6.69. The lowest BCUT2D eigenvalue weighted by Crippen LogP contribution is -2.35. The summed E-state index contributed by atoms with van der Waals surface area (Å²) in [7, 11) is 0. The van der Waals surface area contributed by atoms with Crippen LogP contribution in [0.25, 0.3) is 0 Å². The average Bonchev–Trinajstić information content (AvgIpc) is 2.96. The van der Waals surface area contributed by atoms with Gasteiger partial charge in [-0.15, -0.1) is 11.3 Å². The van der Waals surface area contributed by atoms with E-state index in [4.69, 9.17) is 4.74 Å². The number of ether oxygens (including phenoxy) is 1. The van der Waals surface area contributed by atoms with Crippen LogP contribution in [0.4, 0.5) is 9.93 Å². The van der Waals surface area contributed by atoms with E-state index in [1.54, 1.807) is 22.4 Å². The summed E-state index contributed by atoms with van der Waals surface area (Å²) in [5, 5.41) is 6.19. The van der Waals surface area contributed by atoms with E-state index in [-0.39, 0.29) is 6.09 Å². The molecule has 0 aromatic carbocycles. The minimum Gasteiger partial charge on any atom is -0.444 e. The zero-order valence-corrected chi connectivity index (χ0v) is 12.5. The molecule has 6 heteroatoms. The fourth-order valence-electron chi connectivity index (χ4n) is 2.03. The molecule has 1 aliphatic rings. The number of carbonyl (C=O) groups excluding carboxylic acids is 1. The predicted molar refractivity (Wildman–Crippen MR) is 76.5 cm³/mol. The summed E-state index contributed by atoms with van der Waals surface area (Å²) < 4.78 is 5.38. The zero-order chi connectivity index (χ0) is 13.9. The maximum Gasteiger partial charge on any atom is 0.410 e. The lowest BCUT2D eigenvalue weighted by Gasteiger charge is -2.24. The van der Waals surface area contributed by atoms with Gasteiger partial charge in [0.05, 0.1) is 0 Å². The van der Waals surface area contributed by atoms with E-state index >= 15 is 0 Å². The highest BCUT2D eigenvalue weighted by atomic mass is 32.1. The molecule has 0 aliphatic carbocycles. The standard InChI is InChI=1S/C13H21N3O2S/c1-13(2,3)18-12(17)16-6-4-10(9-16)8-15-11-14-5-7-19-11/h5,7,10H,4,6,8-9H2,1-3H3,(H,14,15). The molecule has 106 valence electrons. The first kappa shape index (κ1) is 14.1. The summed E-state index contributed by atoms with van der Waals surface area (Å²) in [5.41, 5.74) is -0.422. The number of thiazole rings is 1. The number of aromatic nitrogens is 1. The number of nitrogens with zero attached hydrogens (tertiary/aromatic N) is 2. The molecule has 0 saturated carbocycles. The van der Waals surface area contributed by atoms with Crippen molar-refractivity contribution in [1.29, 1.82) is 0 Å². The molecule has 1 fully saturated rings. The molecule has 2 rings (SSSR count). The van der Waals surface area contributed by atoms with Gasteiger partial charge in [0.25, 0.3) is 0 Å². The van der Waals surface area contributed by atoms with Crippen molar-refractivity contribution in [3.63, 3.8) is 0 Å². The molecule has 1 N–H and O–H groups in total. The third-order valence-electron chi connectivity index (χ3n) is 2.91. The van der Waals surface area contributed by atoms with Gasteiger partial charge in [-0.2, -0.15) is 0 Å². The molecular weight excluding hydrogens is 262 g/mol. The highest BCUT2D eigenvalue weighted by Crippen LogP contribution is 2.20. The maximum atomic E-state index is 11.9. The highest BCUT2D eigenvalue weighted by molar-refractivity contribution is 7.13. The van der Waals surface area contributed by atoms with E-state index in [2.05, 4.69) is 10.3 Å². The smallest absolute Gasteiger partial charge is 0.410 e. The lowest BCUT2D eigenvalue weighted by molar-refractivity contribution is 0.0289. The van der Waals surface area contributed by atoms with Crippen LogP contribution in [0.2, 0.25) is 0 Å². The maximum absolute atomic E-state index is 11.9. The van der Waals surface area contributed by atoms with Crippen LogP contribution in [0.3, 0.4) is 0 Å². The zero-order valence-electron chi connectivity index (χ0n) is 11.7. The number of rotatable bonds is 3. The van der Waals surface area contributed by atoms with Crippen molar-refractivity contribution >= 4 is 22.6 Å². The van der Waals surface area contributed by atoms with Gasteiger partial charge in [-0.05, 0) is 33.1 Å². The summed E-state index contributed by atoms with van der Waals surface area (Å²) in [4.78, 5) is 17.9. The topological polar surface area (TPSA) is 54.5 Å².